The summed E-state index contributed by atoms with van der Waals surface area (Å²) in [6.45, 7) is 1.94. The highest BCUT2D eigenvalue weighted by atomic mass is 35.5. The lowest BCUT2D eigenvalue weighted by Gasteiger charge is -2.28. The van der Waals surface area contributed by atoms with E-state index in [1.807, 2.05) is 13.2 Å². The summed E-state index contributed by atoms with van der Waals surface area (Å²) in [5, 5.41) is 4.32. The molecular weight excluding hydrogens is 532 g/mol. The number of rotatable bonds is 7. The molecule has 4 rings (SSSR count). The number of amides is 1. The zero-order valence-corrected chi connectivity index (χ0v) is 21.7. The predicted octanol–water partition coefficient (Wildman–Crippen LogP) is 7.35. The van der Waals surface area contributed by atoms with Crippen LogP contribution in [0, 0.1) is 0 Å². The third-order valence-corrected chi connectivity index (χ3v) is 7.05. The predicted molar refractivity (Wildman–Crippen MR) is 140 cm³/mol. The molecule has 2 atom stereocenters. The number of benzene rings is 3. The summed E-state index contributed by atoms with van der Waals surface area (Å²) in [6.07, 6.45) is -1.02. The van der Waals surface area contributed by atoms with Gasteiger partial charge in [0, 0.05) is 32.8 Å². The van der Waals surface area contributed by atoms with Crippen molar-refractivity contribution in [2.24, 2.45) is 0 Å². The molecule has 0 radical (unpaired) electrons. The average Bonchev–Trinajstić information content (AvgIpc) is 3.28. The largest absolute Gasteiger partial charge is 0.428 e. The van der Waals surface area contributed by atoms with Crippen LogP contribution in [0.25, 0.3) is 16.5 Å². The second-order valence-corrected chi connectivity index (χ2v) is 10.4. The monoisotopic (exact) mass is 554 g/mol. The smallest absolute Gasteiger partial charge is 0.350 e. The Bertz CT molecular complexity index is 1310. The van der Waals surface area contributed by atoms with Crippen molar-refractivity contribution in [1.82, 2.24) is 10.8 Å². The topological polar surface area (TPSA) is 50.4 Å². The van der Waals surface area contributed by atoms with Crippen molar-refractivity contribution >= 4 is 57.3 Å². The summed E-state index contributed by atoms with van der Waals surface area (Å²) in [5.74, 6) is 0.675. The Kier molecular flexibility index (Phi) is 7.80. The van der Waals surface area contributed by atoms with Gasteiger partial charge in [-0.3, -0.25) is 15.1 Å². The van der Waals surface area contributed by atoms with E-state index >= 15 is 0 Å². The number of carbonyl (C=O) groups excluding carboxylic acids is 1. The van der Waals surface area contributed by atoms with Gasteiger partial charge in [0.25, 0.3) is 5.91 Å². The zero-order chi connectivity index (χ0) is 26.1. The van der Waals surface area contributed by atoms with Gasteiger partial charge >= 0.3 is 6.18 Å². The molecule has 0 fully saturated rings. The number of halogens is 5. The molecule has 190 valence electrons. The van der Waals surface area contributed by atoms with Crippen LogP contribution >= 0.6 is 35.0 Å². The molecular formula is C26H23Cl2F3N2O2S. The first-order valence-corrected chi connectivity index (χ1v) is 13.2. The summed E-state index contributed by atoms with van der Waals surface area (Å²) in [4.78, 5) is 18.2. The zero-order valence-electron chi connectivity index (χ0n) is 19.4. The molecule has 0 saturated heterocycles. The number of hydrogen-bond acceptors (Lipinski definition) is 4. The Morgan fingerprint density at radius 1 is 1.11 bits per heavy atom. The van der Waals surface area contributed by atoms with Gasteiger partial charge in [0.05, 0.1) is 5.70 Å². The van der Waals surface area contributed by atoms with E-state index in [0.29, 0.717) is 21.9 Å². The van der Waals surface area contributed by atoms with Crippen molar-refractivity contribution in [3.05, 3.63) is 87.4 Å². The number of fused-ring (bicyclic) bond motifs is 1. The van der Waals surface area contributed by atoms with Crippen LogP contribution in [0.5, 0.6) is 0 Å². The van der Waals surface area contributed by atoms with Crippen LogP contribution in [-0.4, -0.2) is 30.1 Å². The van der Waals surface area contributed by atoms with Crippen LogP contribution in [0.4, 0.5) is 13.2 Å². The normalized spacial score (nSPS) is 18.6. The Balaban J connectivity index is 1.78. The van der Waals surface area contributed by atoms with Gasteiger partial charge in [-0.05, 0) is 66.5 Å². The van der Waals surface area contributed by atoms with Gasteiger partial charge in [-0.15, -0.1) is 0 Å². The molecule has 1 aliphatic rings. The van der Waals surface area contributed by atoms with E-state index in [4.69, 9.17) is 28.0 Å². The van der Waals surface area contributed by atoms with Gasteiger partial charge in [-0.2, -0.15) is 24.9 Å². The van der Waals surface area contributed by atoms with Crippen LogP contribution < -0.4 is 10.8 Å². The molecule has 0 saturated carbocycles. The summed E-state index contributed by atoms with van der Waals surface area (Å²) >= 11 is 13.7. The maximum Gasteiger partial charge on any atom is 0.428 e. The van der Waals surface area contributed by atoms with Crippen molar-refractivity contribution in [3.8, 4) is 0 Å². The quantitative estimate of drug-likeness (QED) is 0.320. The van der Waals surface area contributed by atoms with Crippen molar-refractivity contribution in [3.63, 3.8) is 0 Å². The molecule has 0 aromatic heterocycles. The van der Waals surface area contributed by atoms with E-state index in [-0.39, 0.29) is 33.3 Å². The van der Waals surface area contributed by atoms with Gasteiger partial charge in [0.15, 0.2) is 0 Å². The molecule has 3 aromatic carbocycles. The summed E-state index contributed by atoms with van der Waals surface area (Å²) in [7, 11) is 0. The second-order valence-electron chi connectivity index (χ2n) is 8.52. The van der Waals surface area contributed by atoms with E-state index in [0.717, 1.165) is 18.2 Å². The van der Waals surface area contributed by atoms with Crippen molar-refractivity contribution in [1.29, 1.82) is 0 Å². The van der Waals surface area contributed by atoms with Crippen molar-refractivity contribution in [2.75, 3.05) is 12.0 Å². The lowest BCUT2D eigenvalue weighted by Crippen LogP contribution is -2.42. The number of hydrogen-bond donors (Lipinski definition) is 2. The Labute approximate surface area is 221 Å². The summed E-state index contributed by atoms with van der Waals surface area (Å²) in [5.41, 5.74) is 0.401. The molecule has 2 N–H and O–H groups in total. The van der Waals surface area contributed by atoms with Crippen LogP contribution in [-0.2, 0) is 10.4 Å². The fraction of sp³-hybridized carbons (Fsp3) is 0.269. The van der Waals surface area contributed by atoms with E-state index in [1.165, 1.54) is 18.2 Å². The van der Waals surface area contributed by atoms with Gasteiger partial charge in [-0.25, -0.2) is 0 Å². The first-order valence-electron chi connectivity index (χ1n) is 11.1. The van der Waals surface area contributed by atoms with Gasteiger partial charge in [0.2, 0.25) is 5.60 Å². The molecule has 2 unspecified atom stereocenters. The van der Waals surface area contributed by atoms with Crippen molar-refractivity contribution < 1.29 is 22.8 Å². The maximum atomic E-state index is 14.4. The second kappa shape index (κ2) is 10.5. The number of thioether (sulfide) groups is 1. The van der Waals surface area contributed by atoms with Crippen LogP contribution in [0.3, 0.4) is 0 Å². The summed E-state index contributed by atoms with van der Waals surface area (Å²) < 4.78 is 43.2. The Morgan fingerprint density at radius 2 is 1.78 bits per heavy atom. The molecule has 1 amide bonds. The third-order valence-electron chi connectivity index (χ3n) is 5.97. The lowest BCUT2D eigenvalue weighted by molar-refractivity contribution is -0.269. The van der Waals surface area contributed by atoms with Crippen molar-refractivity contribution in [2.45, 2.75) is 31.2 Å². The minimum Gasteiger partial charge on any atom is -0.350 e. The average molecular weight is 555 g/mol. The first-order chi connectivity index (χ1) is 17.1. The van der Waals surface area contributed by atoms with E-state index in [2.05, 4.69) is 10.8 Å². The lowest BCUT2D eigenvalue weighted by atomic mass is 9.90. The number of hydroxylamine groups is 1. The van der Waals surface area contributed by atoms with Crippen LogP contribution in [0.2, 0.25) is 10.0 Å². The fourth-order valence-corrected chi connectivity index (χ4v) is 5.26. The van der Waals surface area contributed by atoms with Gasteiger partial charge in [0.1, 0.15) is 0 Å². The molecule has 0 aliphatic carbocycles. The van der Waals surface area contributed by atoms with Gasteiger partial charge in [-0.1, -0.05) is 53.5 Å². The molecule has 36 heavy (non-hydrogen) atoms. The standard InChI is InChI=1S/C26H23Cl2F3N2O2S/c1-15(9-10-36-2)32-24(34)22-8-7-21(19-5-3-4-6-20(19)22)23-14-25(35-33-23,26(29,30)31)16-11-17(27)13-18(28)12-16/h3-8,11-15,33H,9-10H2,1-2H3,(H,32,34). The number of alkyl halides is 3. The molecule has 1 aliphatic heterocycles. The first kappa shape index (κ1) is 26.7. The molecule has 1 heterocycles. The third kappa shape index (κ3) is 5.18. The van der Waals surface area contributed by atoms with E-state index in [9.17, 15) is 18.0 Å². The summed E-state index contributed by atoms with van der Waals surface area (Å²) in [6, 6.07) is 14.0. The van der Waals surface area contributed by atoms with E-state index < -0.39 is 11.8 Å². The molecule has 4 nitrogen and oxygen atoms in total. The van der Waals surface area contributed by atoms with Crippen LogP contribution in [0.15, 0.2) is 60.7 Å². The minimum atomic E-state index is -4.82. The molecule has 10 heteroatoms. The van der Waals surface area contributed by atoms with E-state index in [1.54, 1.807) is 48.2 Å². The van der Waals surface area contributed by atoms with Crippen LogP contribution in [0.1, 0.15) is 34.8 Å². The van der Waals surface area contributed by atoms with Gasteiger partial charge < -0.3 is 5.32 Å². The Hall–Kier alpha value is -2.39. The fourth-order valence-electron chi connectivity index (χ4n) is 4.14. The molecule has 3 aromatic rings. The number of nitrogens with one attached hydrogen (secondary N) is 2. The highest BCUT2D eigenvalue weighted by Crippen LogP contribution is 2.48. The maximum absolute atomic E-state index is 14.4. The number of carbonyl (C=O) groups is 1. The SMILES string of the molecule is CSCCC(C)NC(=O)c1ccc(C2=CC(c3cc(Cl)cc(Cl)c3)(C(F)(F)F)ON2)c2ccccc12. The molecule has 0 spiro atoms. The highest BCUT2D eigenvalue weighted by Gasteiger charge is 2.59. The highest BCUT2D eigenvalue weighted by molar-refractivity contribution is 7.98. The minimum absolute atomic E-state index is 0.0204. The Morgan fingerprint density at radius 3 is 2.42 bits per heavy atom. The molecule has 0 bridgehead atoms.